The van der Waals surface area contributed by atoms with Crippen LogP contribution in [0.2, 0.25) is 0 Å². The minimum Gasteiger partial charge on any atom is -0.389 e. The lowest BCUT2D eigenvalue weighted by Gasteiger charge is -2.19. The van der Waals surface area contributed by atoms with Gasteiger partial charge in [-0.05, 0) is 13.5 Å². The van der Waals surface area contributed by atoms with E-state index < -0.39 is 18.0 Å². The number of unbranched alkanes of at least 4 members (excludes halogenated alkanes) is 1. The summed E-state index contributed by atoms with van der Waals surface area (Å²) in [6, 6.07) is -0.482. The molecule has 19 heavy (non-hydrogen) atoms. The molecule has 7 heteroatoms. The molecule has 0 radical (unpaired) electrons. The molecular formula is C12H25N3O4. The molecule has 0 saturated carbocycles. The lowest BCUT2D eigenvalue weighted by Crippen LogP contribution is -2.45. The van der Waals surface area contributed by atoms with E-state index >= 15 is 0 Å². The second-order valence-corrected chi connectivity index (χ2v) is 4.46. The Morgan fingerprint density at radius 3 is 2.68 bits per heavy atom. The Balaban J connectivity index is 3.80. The molecule has 0 aromatic rings. The summed E-state index contributed by atoms with van der Waals surface area (Å²) >= 11 is 0. The molecule has 3 N–H and O–H groups in total. The van der Waals surface area contributed by atoms with Gasteiger partial charge < -0.3 is 15.2 Å². The quantitative estimate of drug-likeness (QED) is 0.496. The maximum absolute atomic E-state index is 11.5. The summed E-state index contributed by atoms with van der Waals surface area (Å²) in [5, 5.41) is 14.3. The molecule has 0 spiro atoms. The molecular weight excluding hydrogens is 250 g/mol. The first-order chi connectivity index (χ1) is 8.99. The number of carbonyl (C=O) groups is 2. The normalized spacial score (nSPS) is 12.3. The van der Waals surface area contributed by atoms with Crippen LogP contribution in [0, 0.1) is 0 Å². The number of methoxy groups -OCH3 is 1. The Morgan fingerprint density at radius 2 is 2.11 bits per heavy atom. The van der Waals surface area contributed by atoms with Crippen molar-refractivity contribution in [2.45, 2.75) is 25.9 Å². The maximum Gasteiger partial charge on any atom is 0.321 e. The van der Waals surface area contributed by atoms with Crippen molar-refractivity contribution in [1.82, 2.24) is 15.5 Å². The summed E-state index contributed by atoms with van der Waals surface area (Å²) in [6.07, 6.45) is 1.21. The van der Waals surface area contributed by atoms with Crippen LogP contribution in [-0.4, -0.2) is 68.4 Å². The monoisotopic (exact) mass is 275 g/mol. The van der Waals surface area contributed by atoms with Crippen molar-refractivity contribution in [3.63, 3.8) is 0 Å². The summed E-state index contributed by atoms with van der Waals surface area (Å²) in [6.45, 7) is 3.13. The standard InChI is InChI=1S/C12H25N3O4/c1-4-5-6-13-12(18)14-11(17)8-15(2)7-10(16)9-19-3/h10,16H,4-9H2,1-3H3,(H2,13,14,17,18). The van der Waals surface area contributed by atoms with Crippen molar-refractivity contribution in [3.8, 4) is 0 Å². The van der Waals surface area contributed by atoms with Gasteiger partial charge in [-0.15, -0.1) is 0 Å². The van der Waals surface area contributed by atoms with Gasteiger partial charge in [0.25, 0.3) is 0 Å². The number of amides is 3. The van der Waals surface area contributed by atoms with Gasteiger partial charge in [0.15, 0.2) is 0 Å². The summed E-state index contributed by atoms with van der Waals surface area (Å²) < 4.78 is 4.79. The van der Waals surface area contributed by atoms with Crippen molar-refractivity contribution in [3.05, 3.63) is 0 Å². The number of imide groups is 1. The number of ether oxygens (including phenoxy) is 1. The fourth-order valence-corrected chi connectivity index (χ4v) is 1.50. The highest BCUT2D eigenvalue weighted by Gasteiger charge is 2.13. The fraction of sp³-hybridized carbons (Fsp3) is 0.833. The summed E-state index contributed by atoms with van der Waals surface area (Å²) in [4.78, 5) is 24.4. The van der Waals surface area contributed by atoms with Gasteiger partial charge in [-0.2, -0.15) is 0 Å². The minimum atomic E-state index is -0.652. The van der Waals surface area contributed by atoms with Gasteiger partial charge >= 0.3 is 6.03 Å². The van der Waals surface area contributed by atoms with E-state index in [1.807, 2.05) is 6.92 Å². The number of rotatable bonds is 9. The van der Waals surface area contributed by atoms with Gasteiger partial charge in [-0.25, -0.2) is 4.79 Å². The van der Waals surface area contributed by atoms with E-state index in [2.05, 4.69) is 10.6 Å². The third-order valence-electron chi connectivity index (χ3n) is 2.36. The summed E-state index contributed by atoms with van der Waals surface area (Å²) in [5.74, 6) is -0.402. The molecule has 0 bridgehead atoms. The lowest BCUT2D eigenvalue weighted by atomic mass is 10.3. The second-order valence-electron chi connectivity index (χ2n) is 4.46. The third-order valence-corrected chi connectivity index (χ3v) is 2.36. The topological polar surface area (TPSA) is 90.9 Å². The zero-order valence-electron chi connectivity index (χ0n) is 11.9. The molecule has 0 aliphatic carbocycles. The van der Waals surface area contributed by atoms with Gasteiger partial charge in [0.2, 0.25) is 5.91 Å². The van der Waals surface area contributed by atoms with Crippen LogP contribution in [0.25, 0.3) is 0 Å². The first kappa shape index (κ1) is 17.8. The summed E-state index contributed by atoms with van der Waals surface area (Å²) in [7, 11) is 3.18. The smallest absolute Gasteiger partial charge is 0.321 e. The molecule has 3 amide bonds. The van der Waals surface area contributed by atoms with Crippen LogP contribution < -0.4 is 10.6 Å². The molecule has 1 atom stereocenters. The Bertz CT molecular complexity index is 274. The van der Waals surface area contributed by atoms with Crippen LogP contribution in [0.3, 0.4) is 0 Å². The number of hydrogen-bond acceptors (Lipinski definition) is 5. The Kier molecular flexibility index (Phi) is 10.1. The van der Waals surface area contributed by atoms with E-state index in [9.17, 15) is 14.7 Å². The van der Waals surface area contributed by atoms with Crippen molar-refractivity contribution in [1.29, 1.82) is 0 Å². The molecule has 0 aliphatic heterocycles. The number of carbonyl (C=O) groups excluding carboxylic acids is 2. The highest BCUT2D eigenvalue weighted by Crippen LogP contribution is 1.90. The highest BCUT2D eigenvalue weighted by atomic mass is 16.5. The predicted octanol–water partition coefficient (Wildman–Crippen LogP) is -0.449. The highest BCUT2D eigenvalue weighted by molar-refractivity contribution is 5.95. The molecule has 0 rings (SSSR count). The average Bonchev–Trinajstić information content (AvgIpc) is 2.28. The molecule has 0 saturated heterocycles. The Hall–Kier alpha value is -1.18. The van der Waals surface area contributed by atoms with Gasteiger partial charge in [0, 0.05) is 20.2 Å². The number of nitrogens with zero attached hydrogens (tertiary/aromatic N) is 1. The molecule has 0 aromatic heterocycles. The molecule has 1 unspecified atom stereocenters. The molecule has 0 aliphatic rings. The van der Waals surface area contributed by atoms with Crippen LogP contribution in [-0.2, 0) is 9.53 Å². The zero-order valence-corrected chi connectivity index (χ0v) is 11.9. The van der Waals surface area contributed by atoms with Gasteiger partial charge in [0.1, 0.15) is 0 Å². The SMILES string of the molecule is CCCCNC(=O)NC(=O)CN(C)CC(O)COC. The van der Waals surface area contributed by atoms with Crippen molar-refractivity contribution >= 4 is 11.9 Å². The van der Waals surface area contributed by atoms with E-state index in [0.717, 1.165) is 12.8 Å². The van der Waals surface area contributed by atoms with Gasteiger partial charge in [0.05, 0.1) is 19.3 Å². The number of likely N-dealkylation sites (N-methyl/N-ethyl adjacent to an activating group) is 1. The third kappa shape index (κ3) is 10.4. The molecule has 7 nitrogen and oxygen atoms in total. The van der Waals surface area contributed by atoms with E-state index in [0.29, 0.717) is 13.1 Å². The first-order valence-electron chi connectivity index (χ1n) is 6.42. The van der Waals surface area contributed by atoms with E-state index in [1.54, 1.807) is 11.9 Å². The molecule has 0 heterocycles. The lowest BCUT2D eigenvalue weighted by molar-refractivity contribution is -0.121. The zero-order chi connectivity index (χ0) is 14.7. The van der Waals surface area contributed by atoms with Crippen molar-refractivity contribution in [2.24, 2.45) is 0 Å². The van der Waals surface area contributed by atoms with Crippen LogP contribution in [0.1, 0.15) is 19.8 Å². The predicted molar refractivity (Wildman–Crippen MR) is 71.8 cm³/mol. The molecule has 0 aromatic carbocycles. The fourth-order valence-electron chi connectivity index (χ4n) is 1.50. The average molecular weight is 275 g/mol. The number of urea groups is 1. The second kappa shape index (κ2) is 10.7. The number of nitrogens with one attached hydrogen (secondary N) is 2. The Labute approximate surface area is 114 Å². The number of hydrogen-bond donors (Lipinski definition) is 3. The molecule has 0 fully saturated rings. The van der Waals surface area contributed by atoms with E-state index in [-0.39, 0.29) is 13.2 Å². The minimum absolute atomic E-state index is 0.0436. The van der Waals surface area contributed by atoms with Crippen LogP contribution >= 0.6 is 0 Å². The van der Waals surface area contributed by atoms with Crippen LogP contribution in [0.15, 0.2) is 0 Å². The molecule has 112 valence electrons. The Morgan fingerprint density at radius 1 is 1.42 bits per heavy atom. The number of aliphatic hydroxyl groups excluding tert-OH is 1. The van der Waals surface area contributed by atoms with Crippen LogP contribution in [0.4, 0.5) is 4.79 Å². The van der Waals surface area contributed by atoms with Gasteiger partial charge in [-0.1, -0.05) is 13.3 Å². The largest absolute Gasteiger partial charge is 0.389 e. The van der Waals surface area contributed by atoms with Crippen LogP contribution in [0.5, 0.6) is 0 Å². The summed E-state index contributed by atoms with van der Waals surface area (Å²) in [5.41, 5.74) is 0. The maximum atomic E-state index is 11.5. The van der Waals surface area contributed by atoms with E-state index in [1.165, 1.54) is 7.11 Å². The first-order valence-corrected chi connectivity index (χ1v) is 6.42. The van der Waals surface area contributed by atoms with Gasteiger partial charge in [-0.3, -0.25) is 15.0 Å². The number of aliphatic hydroxyl groups is 1. The van der Waals surface area contributed by atoms with Crippen molar-refractivity contribution in [2.75, 3.05) is 40.4 Å². The van der Waals surface area contributed by atoms with E-state index in [4.69, 9.17) is 4.74 Å². The van der Waals surface area contributed by atoms with Crippen molar-refractivity contribution < 1.29 is 19.4 Å².